The number of hydrogen-bond donors (Lipinski definition) is 1. The quantitative estimate of drug-likeness (QED) is 0.693. The molecule has 16 heavy (non-hydrogen) atoms. The van der Waals surface area contributed by atoms with E-state index in [9.17, 15) is 9.59 Å². The third-order valence-electron chi connectivity index (χ3n) is 2.10. The average Bonchev–Trinajstić information content (AvgIpc) is 2.57. The second-order valence-electron chi connectivity index (χ2n) is 3.59. The van der Waals surface area contributed by atoms with Gasteiger partial charge in [-0.15, -0.1) is 0 Å². The van der Waals surface area contributed by atoms with Gasteiger partial charge in [-0.05, 0) is 19.4 Å². The summed E-state index contributed by atoms with van der Waals surface area (Å²) in [7, 11) is 0. The third-order valence-corrected chi connectivity index (χ3v) is 2.10. The van der Waals surface area contributed by atoms with Crippen LogP contribution in [0.15, 0.2) is 33.9 Å². The SMILES string of the molecule is CC(=O)CC(=O)NC1=NC2=CCC=CC2=N1. The molecular weight excluding hydrogens is 206 g/mol. The summed E-state index contributed by atoms with van der Waals surface area (Å²) >= 11 is 0. The van der Waals surface area contributed by atoms with Crippen molar-refractivity contribution >= 4 is 23.4 Å². The van der Waals surface area contributed by atoms with Gasteiger partial charge in [-0.3, -0.25) is 14.9 Å². The van der Waals surface area contributed by atoms with Crippen molar-refractivity contribution in [1.82, 2.24) is 5.32 Å². The first-order chi connectivity index (χ1) is 7.65. The number of fused-ring (bicyclic) bond motifs is 1. The van der Waals surface area contributed by atoms with Crippen LogP contribution in [-0.4, -0.2) is 23.4 Å². The molecule has 1 N–H and O–H groups in total. The molecule has 0 unspecified atom stereocenters. The zero-order valence-electron chi connectivity index (χ0n) is 8.86. The van der Waals surface area contributed by atoms with Crippen molar-refractivity contribution in [1.29, 1.82) is 0 Å². The van der Waals surface area contributed by atoms with Crippen molar-refractivity contribution in [3.05, 3.63) is 23.9 Å². The summed E-state index contributed by atoms with van der Waals surface area (Å²) in [6.45, 7) is 1.37. The van der Waals surface area contributed by atoms with Crippen LogP contribution in [0.4, 0.5) is 0 Å². The summed E-state index contributed by atoms with van der Waals surface area (Å²) in [5.74, 6) is -0.293. The van der Waals surface area contributed by atoms with Crippen LogP contribution in [-0.2, 0) is 9.59 Å². The zero-order chi connectivity index (χ0) is 11.5. The number of carbonyl (C=O) groups is 2. The van der Waals surface area contributed by atoms with E-state index in [1.165, 1.54) is 6.92 Å². The molecule has 0 aromatic rings. The molecule has 2 aliphatic rings. The Labute approximate surface area is 92.7 Å². The minimum atomic E-state index is -0.376. The van der Waals surface area contributed by atoms with Crippen molar-refractivity contribution in [2.75, 3.05) is 0 Å². The highest BCUT2D eigenvalue weighted by molar-refractivity contribution is 6.20. The van der Waals surface area contributed by atoms with E-state index in [1.807, 2.05) is 18.2 Å². The maximum absolute atomic E-state index is 11.3. The van der Waals surface area contributed by atoms with Crippen LogP contribution in [0.5, 0.6) is 0 Å². The zero-order valence-corrected chi connectivity index (χ0v) is 8.86. The number of nitrogens with zero attached hydrogens (tertiary/aromatic N) is 2. The Bertz CT molecular complexity index is 470. The monoisotopic (exact) mass is 217 g/mol. The van der Waals surface area contributed by atoms with Crippen molar-refractivity contribution in [3.63, 3.8) is 0 Å². The number of allylic oxidation sites excluding steroid dienone is 3. The lowest BCUT2D eigenvalue weighted by atomic mass is 10.1. The number of guanidine groups is 1. The fourth-order valence-corrected chi connectivity index (χ4v) is 1.45. The van der Waals surface area contributed by atoms with Gasteiger partial charge in [0.05, 0.1) is 17.8 Å². The van der Waals surface area contributed by atoms with E-state index in [4.69, 9.17) is 0 Å². The summed E-state index contributed by atoms with van der Waals surface area (Å²) in [5.41, 5.74) is 1.53. The maximum Gasteiger partial charge on any atom is 0.234 e. The molecule has 5 nitrogen and oxygen atoms in total. The van der Waals surface area contributed by atoms with Gasteiger partial charge in [0.2, 0.25) is 11.9 Å². The van der Waals surface area contributed by atoms with Gasteiger partial charge < -0.3 is 0 Å². The second kappa shape index (κ2) is 4.22. The molecule has 1 heterocycles. The van der Waals surface area contributed by atoms with E-state index in [0.29, 0.717) is 0 Å². The number of ketones is 1. The first kappa shape index (κ1) is 10.5. The first-order valence-electron chi connectivity index (χ1n) is 4.99. The van der Waals surface area contributed by atoms with Crippen LogP contribution >= 0.6 is 0 Å². The van der Waals surface area contributed by atoms with Crippen LogP contribution in [0.1, 0.15) is 19.8 Å². The smallest absolute Gasteiger partial charge is 0.234 e. The number of Topliss-reactive ketones (excluding diaryl/α,β-unsaturated/α-hetero) is 1. The molecule has 0 aromatic heterocycles. The van der Waals surface area contributed by atoms with E-state index in [0.717, 1.165) is 17.8 Å². The number of hydrogen-bond acceptors (Lipinski definition) is 4. The second-order valence-corrected chi connectivity index (χ2v) is 3.59. The average molecular weight is 217 g/mol. The minimum absolute atomic E-state index is 0.140. The summed E-state index contributed by atoms with van der Waals surface area (Å²) < 4.78 is 0. The number of aliphatic imine (C=N–C) groups is 2. The minimum Gasteiger partial charge on any atom is -0.299 e. The molecule has 0 radical (unpaired) electrons. The Kier molecular flexibility index (Phi) is 2.76. The van der Waals surface area contributed by atoms with Crippen LogP contribution in [0.2, 0.25) is 0 Å². The predicted octanol–water partition coefficient (Wildman–Crippen LogP) is 0.736. The predicted molar refractivity (Wildman–Crippen MR) is 60.2 cm³/mol. The largest absolute Gasteiger partial charge is 0.299 e. The molecule has 1 aliphatic carbocycles. The van der Waals surface area contributed by atoms with Crippen LogP contribution in [0, 0.1) is 0 Å². The van der Waals surface area contributed by atoms with Crippen molar-refractivity contribution in [2.45, 2.75) is 19.8 Å². The third kappa shape index (κ3) is 2.31. The van der Waals surface area contributed by atoms with Gasteiger partial charge >= 0.3 is 0 Å². The summed E-state index contributed by atoms with van der Waals surface area (Å²) in [4.78, 5) is 30.3. The lowest BCUT2D eigenvalue weighted by Gasteiger charge is -1.98. The lowest BCUT2D eigenvalue weighted by molar-refractivity contribution is -0.126. The number of amides is 1. The molecule has 0 saturated carbocycles. The van der Waals surface area contributed by atoms with Crippen LogP contribution in [0.25, 0.3) is 0 Å². The topological polar surface area (TPSA) is 70.9 Å². The summed E-state index contributed by atoms with van der Waals surface area (Å²) in [5, 5.41) is 2.49. The Hall–Kier alpha value is -2.04. The van der Waals surface area contributed by atoms with Gasteiger partial charge in [-0.2, -0.15) is 0 Å². The van der Waals surface area contributed by atoms with Crippen molar-refractivity contribution < 1.29 is 9.59 Å². The Morgan fingerprint density at radius 2 is 2.25 bits per heavy atom. The highest BCUT2D eigenvalue weighted by atomic mass is 16.2. The van der Waals surface area contributed by atoms with Gasteiger partial charge in [0.1, 0.15) is 5.78 Å². The van der Waals surface area contributed by atoms with Gasteiger partial charge in [-0.25, -0.2) is 9.98 Å². The molecule has 2 rings (SSSR count). The maximum atomic E-state index is 11.3. The van der Waals surface area contributed by atoms with E-state index in [1.54, 1.807) is 0 Å². The molecular formula is C11H11N3O2. The van der Waals surface area contributed by atoms with E-state index >= 15 is 0 Å². The highest BCUT2D eigenvalue weighted by Crippen LogP contribution is 2.15. The molecule has 0 fully saturated rings. The lowest BCUT2D eigenvalue weighted by Crippen LogP contribution is -2.29. The van der Waals surface area contributed by atoms with E-state index in [-0.39, 0.29) is 24.1 Å². The van der Waals surface area contributed by atoms with Gasteiger partial charge in [0, 0.05) is 0 Å². The fourth-order valence-electron chi connectivity index (χ4n) is 1.45. The highest BCUT2D eigenvalue weighted by Gasteiger charge is 2.17. The Morgan fingerprint density at radius 1 is 1.44 bits per heavy atom. The number of rotatable bonds is 2. The molecule has 1 amide bonds. The van der Waals surface area contributed by atoms with Gasteiger partial charge in [0.15, 0.2) is 0 Å². The molecule has 0 bridgehead atoms. The summed E-state index contributed by atoms with van der Waals surface area (Å²) in [6, 6.07) is 0. The van der Waals surface area contributed by atoms with Crippen molar-refractivity contribution in [3.8, 4) is 0 Å². The molecule has 1 aliphatic heterocycles. The van der Waals surface area contributed by atoms with Crippen molar-refractivity contribution in [2.24, 2.45) is 9.98 Å². The van der Waals surface area contributed by atoms with Gasteiger partial charge in [-0.1, -0.05) is 12.2 Å². The first-order valence-corrected chi connectivity index (χ1v) is 4.99. The normalized spacial score (nSPS) is 17.2. The Balaban J connectivity index is 2.03. The fraction of sp³-hybridized carbons (Fsp3) is 0.273. The van der Waals surface area contributed by atoms with E-state index in [2.05, 4.69) is 15.3 Å². The Morgan fingerprint density at radius 3 is 2.94 bits per heavy atom. The molecule has 5 heteroatoms. The molecule has 0 atom stereocenters. The van der Waals surface area contributed by atoms with E-state index < -0.39 is 0 Å². The molecule has 0 saturated heterocycles. The number of carbonyl (C=O) groups excluding carboxylic acids is 2. The van der Waals surface area contributed by atoms with Crippen LogP contribution in [0.3, 0.4) is 0 Å². The molecule has 82 valence electrons. The summed E-state index contributed by atoms with van der Waals surface area (Å²) in [6.07, 6.45) is 6.45. The van der Waals surface area contributed by atoms with Gasteiger partial charge in [0.25, 0.3) is 0 Å². The number of nitrogens with one attached hydrogen (secondary N) is 1. The molecule has 0 spiro atoms. The molecule has 0 aromatic carbocycles. The standard InChI is InChI=1S/C11H11N3O2/c1-7(15)6-10(16)14-11-12-8-4-2-3-5-9(8)13-11/h2,4-5H,3,6H2,1H3,(H,13,14,16). The van der Waals surface area contributed by atoms with Crippen LogP contribution < -0.4 is 5.32 Å².